The van der Waals surface area contributed by atoms with Crippen LogP contribution in [0, 0.1) is 5.82 Å². The Bertz CT molecular complexity index is 755. The smallest absolute Gasteiger partial charge is 0.125 e. The van der Waals surface area contributed by atoms with Crippen molar-refractivity contribution in [2.24, 2.45) is 0 Å². The zero-order valence-corrected chi connectivity index (χ0v) is 13.3. The molecule has 0 atom stereocenters. The Hall–Kier alpha value is -1.23. The molecule has 0 saturated heterocycles. The normalized spacial score (nSPS) is 10.8. The van der Waals surface area contributed by atoms with Crippen molar-refractivity contribution in [3.63, 3.8) is 0 Å². The average Bonchev–Trinajstić information content (AvgIpc) is 2.89. The molecule has 3 rings (SSSR count). The van der Waals surface area contributed by atoms with E-state index in [2.05, 4.69) is 20.9 Å². The van der Waals surface area contributed by atoms with Crippen molar-refractivity contribution in [1.29, 1.82) is 0 Å². The van der Waals surface area contributed by atoms with E-state index < -0.39 is 0 Å². The maximum atomic E-state index is 13.1. The molecule has 100 valence electrons. The molecule has 20 heavy (non-hydrogen) atoms. The highest BCUT2D eigenvalue weighted by Crippen LogP contribution is 2.33. The number of aromatic nitrogens is 1. The molecule has 0 amide bonds. The van der Waals surface area contributed by atoms with Crippen molar-refractivity contribution < 1.29 is 4.39 Å². The lowest BCUT2D eigenvalue weighted by Crippen LogP contribution is -1.82. The van der Waals surface area contributed by atoms with Crippen molar-refractivity contribution in [1.82, 2.24) is 4.98 Å². The van der Waals surface area contributed by atoms with E-state index in [4.69, 9.17) is 11.6 Å². The van der Waals surface area contributed by atoms with Crippen LogP contribution in [0.25, 0.3) is 21.8 Å². The maximum absolute atomic E-state index is 13.1. The van der Waals surface area contributed by atoms with E-state index in [0.29, 0.717) is 5.02 Å². The number of rotatable bonds is 2. The van der Waals surface area contributed by atoms with Crippen LogP contribution in [0.1, 0.15) is 0 Å². The highest BCUT2D eigenvalue weighted by Gasteiger charge is 2.10. The molecule has 5 heteroatoms. The van der Waals surface area contributed by atoms with Gasteiger partial charge in [-0.25, -0.2) is 9.37 Å². The number of hydrogen-bond acceptors (Lipinski definition) is 2. The van der Waals surface area contributed by atoms with Crippen LogP contribution in [0.3, 0.4) is 0 Å². The molecule has 0 N–H and O–H groups in total. The topological polar surface area (TPSA) is 12.9 Å². The van der Waals surface area contributed by atoms with Crippen molar-refractivity contribution >= 4 is 38.9 Å². The van der Waals surface area contributed by atoms with Gasteiger partial charge in [0.2, 0.25) is 0 Å². The summed E-state index contributed by atoms with van der Waals surface area (Å²) in [4.78, 5) is 4.57. The fourth-order valence-corrected chi connectivity index (χ4v) is 3.26. The van der Waals surface area contributed by atoms with Gasteiger partial charge in [-0.1, -0.05) is 39.7 Å². The summed E-state index contributed by atoms with van der Waals surface area (Å²) in [5.41, 5.74) is 2.67. The number of nitrogens with zero attached hydrogens (tertiary/aromatic N) is 1. The summed E-state index contributed by atoms with van der Waals surface area (Å²) < 4.78 is 14.1. The second-order valence-corrected chi connectivity index (χ2v) is 6.35. The monoisotopic (exact) mass is 367 g/mol. The molecule has 0 aliphatic carbocycles. The summed E-state index contributed by atoms with van der Waals surface area (Å²) >= 11 is 11.0. The molecule has 0 aliphatic rings. The van der Waals surface area contributed by atoms with Crippen LogP contribution in [0.15, 0.2) is 52.3 Å². The lowest BCUT2D eigenvalue weighted by Gasteiger charge is -2.00. The first-order valence-electron chi connectivity index (χ1n) is 5.80. The number of hydrogen-bond donors (Lipinski definition) is 0. The maximum Gasteiger partial charge on any atom is 0.125 e. The van der Waals surface area contributed by atoms with Crippen LogP contribution in [0.4, 0.5) is 4.39 Å². The Balaban J connectivity index is 1.99. The summed E-state index contributed by atoms with van der Waals surface area (Å²) in [5, 5.41) is 3.13. The predicted molar refractivity (Wildman–Crippen MR) is 85.7 cm³/mol. The molecule has 0 saturated carbocycles. The lowest BCUT2D eigenvalue weighted by atomic mass is 10.2. The molecular weight excluding hydrogens is 361 g/mol. The van der Waals surface area contributed by atoms with Crippen molar-refractivity contribution in [3.05, 3.63) is 63.2 Å². The number of halogens is 3. The number of thiazole rings is 1. The van der Waals surface area contributed by atoms with Gasteiger partial charge in [-0.2, -0.15) is 0 Å². The molecule has 1 aromatic heterocycles. The average molecular weight is 369 g/mol. The van der Waals surface area contributed by atoms with Gasteiger partial charge < -0.3 is 0 Å². The van der Waals surface area contributed by atoms with Crippen molar-refractivity contribution in [2.45, 2.75) is 0 Å². The number of benzene rings is 2. The minimum absolute atomic E-state index is 0.344. The molecule has 0 radical (unpaired) electrons. The third kappa shape index (κ3) is 2.77. The quantitative estimate of drug-likeness (QED) is 0.538. The second kappa shape index (κ2) is 5.64. The van der Waals surface area contributed by atoms with Gasteiger partial charge in [-0.05, 0) is 30.3 Å². The largest absolute Gasteiger partial charge is 0.236 e. The Morgan fingerprint density at radius 3 is 2.55 bits per heavy atom. The molecule has 0 aliphatic heterocycles. The summed E-state index contributed by atoms with van der Waals surface area (Å²) in [5.74, 6) is -0.344. The van der Waals surface area contributed by atoms with E-state index in [1.54, 1.807) is 6.07 Å². The van der Waals surface area contributed by atoms with Crippen LogP contribution in [0.5, 0.6) is 0 Å². The van der Waals surface area contributed by atoms with Gasteiger partial charge in [0.25, 0.3) is 0 Å². The molecule has 0 fully saturated rings. The van der Waals surface area contributed by atoms with E-state index in [1.165, 1.54) is 23.5 Å². The van der Waals surface area contributed by atoms with Crippen molar-refractivity contribution in [3.8, 4) is 21.8 Å². The van der Waals surface area contributed by atoms with Crippen LogP contribution < -0.4 is 0 Å². The zero-order chi connectivity index (χ0) is 14.1. The van der Waals surface area contributed by atoms with Gasteiger partial charge in [0.05, 0.1) is 10.7 Å². The highest BCUT2D eigenvalue weighted by molar-refractivity contribution is 9.10. The molecule has 1 heterocycles. The highest BCUT2D eigenvalue weighted by atomic mass is 79.9. The van der Waals surface area contributed by atoms with Gasteiger partial charge in [-0.15, -0.1) is 11.3 Å². The third-order valence-corrected chi connectivity index (χ3v) is 4.52. The Kier molecular flexibility index (Phi) is 3.87. The Morgan fingerprint density at radius 2 is 1.85 bits per heavy atom. The summed E-state index contributed by atoms with van der Waals surface area (Å²) in [6, 6.07) is 12.3. The minimum atomic E-state index is -0.344. The zero-order valence-electron chi connectivity index (χ0n) is 10.1. The minimum Gasteiger partial charge on any atom is -0.236 e. The SMILES string of the molecule is Fc1ccc(-c2nc(-c3ccc(Br)cc3)cs2)c(Cl)c1. The summed E-state index contributed by atoms with van der Waals surface area (Å²) in [6.07, 6.45) is 0. The van der Waals surface area contributed by atoms with E-state index in [1.807, 2.05) is 29.6 Å². The van der Waals surface area contributed by atoms with Crippen molar-refractivity contribution in [2.75, 3.05) is 0 Å². The van der Waals surface area contributed by atoms with Crippen LogP contribution in [-0.4, -0.2) is 4.98 Å². The van der Waals surface area contributed by atoms with E-state index in [-0.39, 0.29) is 5.82 Å². The van der Waals surface area contributed by atoms with Gasteiger partial charge in [-0.3, -0.25) is 0 Å². The standard InChI is InChI=1S/C15H8BrClFNS/c16-10-3-1-9(2-4-10)14-8-20-15(19-14)12-6-5-11(18)7-13(12)17/h1-8H. The van der Waals surface area contributed by atoms with Gasteiger partial charge >= 0.3 is 0 Å². The van der Waals surface area contributed by atoms with E-state index >= 15 is 0 Å². The van der Waals surface area contributed by atoms with Gasteiger partial charge in [0, 0.05) is 21.0 Å². The molecule has 2 aromatic carbocycles. The summed E-state index contributed by atoms with van der Waals surface area (Å²) in [7, 11) is 0. The molecule has 3 aromatic rings. The van der Waals surface area contributed by atoms with E-state index in [0.717, 1.165) is 26.3 Å². The molecule has 1 nitrogen and oxygen atoms in total. The van der Waals surface area contributed by atoms with Crippen LogP contribution in [0.2, 0.25) is 5.02 Å². The first-order chi connectivity index (χ1) is 9.63. The van der Waals surface area contributed by atoms with Gasteiger partial charge in [0.15, 0.2) is 0 Å². The van der Waals surface area contributed by atoms with Crippen LogP contribution >= 0.6 is 38.9 Å². The molecule has 0 spiro atoms. The summed E-state index contributed by atoms with van der Waals surface area (Å²) in [6.45, 7) is 0. The Morgan fingerprint density at radius 1 is 1.10 bits per heavy atom. The van der Waals surface area contributed by atoms with E-state index in [9.17, 15) is 4.39 Å². The predicted octanol–water partition coefficient (Wildman–Crippen LogP) is 6.03. The second-order valence-electron chi connectivity index (χ2n) is 4.17. The molecule has 0 unspecified atom stereocenters. The molecular formula is C15H8BrClFNS. The first kappa shape index (κ1) is 13.7. The fourth-order valence-electron chi connectivity index (χ4n) is 1.81. The first-order valence-corrected chi connectivity index (χ1v) is 7.85. The Labute approximate surface area is 133 Å². The van der Waals surface area contributed by atoms with Gasteiger partial charge in [0.1, 0.15) is 10.8 Å². The van der Waals surface area contributed by atoms with Crippen LogP contribution in [-0.2, 0) is 0 Å². The molecule has 0 bridgehead atoms. The third-order valence-electron chi connectivity index (χ3n) is 2.81. The fraction of sp³-hybridized carbons (Fsp3) is 0. The lowest BCUT2D eigenvalue weighted by molar-refractivity contribution is 0.628.